The maximum Gasteiger partial charge on any atom is 0.294 e. The highest BCUT2D eigenvalue weighted by Crippen LogP contribution is 2.32. The van der Waals surface area contributed by atoms with Gasteiger partial charge in [-0.3, -0.25) is 4.79 Å². The number of carbonyl (C=O) groups excluding carboxylic acids is 1. The SMILES string of the molecule is O=C(c1nc2ncccn2n1)N1CCCCC1c1cccc(F)c1. The average molecular weight is 325 g/mol. The van der Waals surface area contributed by atoms with Gasteiger partial charge in [0.25, 0.3) is 11.7 Å². The minimum absolute atomic E-state index is 0.122. The summed E-state index contributed by atoms with van der Waals surface area (Å²) in [5.74, 6) is -0.0212. The Balaban J connectivity index is 1.68. The van der Waals surface area contributed by atoms with Crippen molar-refractivity contribution >= 4 is 11.7 Å². The van der Waals surface area contributed by atoms with Gasteiger partial charge in [-0.1, -0.05) is 12.1 Å². The number of carbonyl (C=O) groups is 1. The summed E-state index contributed by atoms with van der Waals surface area (Å²) in [5.41, 5.74) is 0.810. The molecule has 1 saturated heterocycles. The van der Waals surface area contributed by atoms with Crippen LogP contribution >= 0.6 is 0 Å². The number of halogens is 1. The minimum atomic E-state index is -0.291. The Morgan fingerprint density at radius 1 is 1.25 bits per heavy atom. The number of fused-ring (bicyclic) bond motifs is 1. The molecule has 1 atom stereocenters. The summed E-state index contributed by atoms with van der Waals surface area (Å²) in [7, 11) is 0. The highest BCUT2D eigenvalue weighted by Gasteiger charge is 2.31. The summed E-state index contributed by atoms with van der Waals surface area (Å²) in [6.07, 6.45) is 6.04. The number of hydrogen-bond donors (Lipinski definition) is 0. The summed E-state index contributed by atoms with van der Waals surface area (Å²) >= 11 is 0. The number of aromatic nitrogens is 4. The molecule has 0 bridgehead atoms. The lowest BCUT2D eigenvalue weighted by atomic mass is 9.95. The fourth-order valence-electron chi connectivity index (χ4n) is 3.19. The van der Waals surface area contributed by atoms with Gasteiger partial charge in [-0.25, -0.2) is 13.9 Å². The monoisotopic (exact) mass is 325 g/mol. The molecule has 24 heavy (non-hydrogen) atoms. The van der Waals surface area contributed by atoms with Crippen molar-refractivity contribution in [3.63, 3.8) is 0 Å². The molecule has 6 nitrogen and oxygen atoms in total. The van der Waals surface area contributed by atoms with E-state index < -0.39 is 0 Å². The number of rotatable bonds is 2. The van der Waals surface area contributed by atoms with Crippen LogP contribution in [-0.2, 0) is 0 Å². The van der Waals surface area contributed by atoms with Crippen LogP contribution in [0.1, 0.15) is 41.5 Å². The lowest BCUT2D eigenvalue weighted by molar-refractivity contribution is 0.0598. The van der Waals surface area contributed by atoms with Crippen LogP contribution in [0, 0.1) is 5.82 Å². The van der Waals surface area contributed by atoms with Gasteiger partial charge in [0.2, 0.25) is 5.82 Å². The first kappa shape index (κ1) is 14.7. The topological polar surface area (TPSA) is 63.4 Å². The normalized spacial score (nSPS) is 18.0. The quantitative estimate of drug-likeness (QED) is 0.726. The second-order valence-corrected chi connectivity index (χ2v) is 5.86. The van der Waals surface area contributed by atoms with E-state index in [0.717, 1.165) is 24.8 Å². The second-order valence-electron chi connectivity index (χ2n) is 5.86. The van der Waals surface area contributed by atoms with Crippen molar-refractivity contribution in [2.45, 2.75) is 25.3 Å². The highest BCUT2D eigenvalue weighted by atomic mass is 19.1. The standard InChI is InChI=1S/C17H16FN5O/c18-13-6-3-5-12(11-13)14-7-1-2-9-22(14)16(24)15-20-17-19-8-4-10-23(17)21-15/h3-6,8,10-11,14H,1-2,7,9H2. The molecule has 122 valence electrons. The van der Waals surface area contributed by atoms with Gasteiger partial charge in [0.05, 0.1) is 6.04 Å². The van der Waals surface area contributed by atoms with E-state index in [4.69, 9.17) is 0 Å². The van der Waals surface area contributed by atoms with E-state index >= 15 is 0 Å². The van der Waals surface area contributed by atoms with Crippen molar-refractivity contribution in [1.82, 2.24) is 24.5 Å². The molecule has 0 spiro atoms. The molecule has 1 aliphatic heterocycles. The van der Waals surface area contributed by atoms with E-state index in [1.807, 2.05) is 6.07 Å². The van der Waals surface area contributed by atoms with Crippen LogP contribution in [0.25, 0.3) is 5.78 Å². The van der Waals surface area contributed by atoms with Gasteiger partial charge in [0.1, 0.15) is 5.82 Å². The fraction of sp³-hybridized carbons (Fsp3) is 0.294. The molecule has 0 aliphatic carbocycles. The third kappa shape index (κ3) is 2.62. The smallest absolute Gasteiger partial charge is 0.294 e. The van der Waals surface area contributed by atoms with Crippen LogP contribution in [0.3, 0.4) is 0 Å². The predicted octanol–water partition coefficient (Wildman–Crippen LogP) is 2.63. The number of hydrogen-bond acceptors (Lipinski definition) is 4. The molecule has 0 radical (unpaired) electrons. The van der Waals surface area contributed by atoms with Gasteiger partial charge < -0.3 is 4.90 Å². The van der Waals surface area contributed by atoms with Gasteiger partial charge in [-0.05, 0) is 43.0 Å². The van der Waals surface area contributed by atoms with Crippen molar-refractivity contribution in [3.8, 4) is 0 Å². The molecule has 0 N–H and O–H groups in total. The van der Waals surface area contributed by atoms with Crippen molar-refractivity contribution in [3.05, 3.63) is 59.9 Å². The molecule has 4 rings (SSSR count). The Bertz CT molecular complexity index is 860. The minimum Gasteiger partial charge on any atom is -0.329 e. The van der Waals surface area contributed by atoms with Crippen LogP contribution in [0.4, 0.5) is 4.39 Å². The van der Waals surface area contributed by atoms with Crippen molar-refractivity contribution in [1.29, 1.82) is 0 Å². The molecule has 1 aromatic carbocycles. The first-order valence-corrected chi connectivity index (χ1v) is 7.96. The zero-order valence-corrected chi connectivity index (χ0v) is 13.0. The van der Waals surface area contributed by atoms with Gasteiger partial charge in [0, 0.05) is 18.9 Å². The maximum atomic E-state index is 13.6. The molecule has 3 aromatic rings. The van der Waals surface area contributed by atoms with Gasteiger partial charge in [-0.15, -0.1) is 5.10 Å². The molecule has 1 amide bonds. The molecule has 1 fully saturated rings. The number of amides is 1. The zero-order valence-electron chi connectivity index (χ0n) is 13.0. The number of likely N-dealkylation sites (tertiary alicyclic amines) is 1. The molecular weight excluding hydrogens is 309 g/mol. The molecule has 3 heterocycles. The molecular formula is C17H16FN5O. The lowest BCUT2D eigenvalue weighted by Crippen LogP contribution is -2.39. The van der Waals surface area contributed by atoms with Crippen molar-refractivity contribution in [2.75, 3.05) is 6.54 Å². The van der Waals surface area contributed by atoms with Crippen molar-refractivity contribution < 1.29 is 9.18 Å². The van der Waals surface area contributed by atoms with Gasteiger partial charge >= 0.3 is 0 Å². The lowest BCUT2D eigenvalue weighted by Gasteiger charge is -2.35. The van der Waals surface area contributed by atoms with Crippen molar-refractivity contribution in [2.24, 2.45) is 0 Å². The predicted molar refractivity (Wildman–Crippen MR) is 84.8 cm³/mol. The van der Waals surface area contributed by atoms with Crippen LogP contribution in [0.5, 0.6) is 0 Å². The zero-order chi connectivity index (χ0) is 16.5. The Labute approximate surface area is 138 Å². The summed E-state index contributed by atoms with van der Waals surface area (Å²) in [6.45, 7) is 0.614. The van der Waals surface area contributed by atoms with Crippen LogP contribution < -0.4 is 0 Å². The van der Waals surface area contributed by atoms with E-state index in [0.29, 0.717) is 12.3 Å². The molecule has 7 heteroatoms. The third-order valence-corrected chi connectivity index (χ3v) is 4.31. The number of nitrogens with zero attached hydrogens (tertiary/aromatic N) is 5. The summed E-state index contributed by atoms with van der Waals surface area (Å²) in [5, 5.41) is 4.21. The van der Waals surface area contributed by atoms with E-state index in [9.17, 15) is 9.18 Å². The summed E-state index contributed by atoms with van der Waals surface area (Å²) in [4.78, 5) is 22.9. The highest BCUT2D eigenvalue weighted by molar-refractivity contribution is 5.91. The van der Waals surface area contributed by atoms with E-state index in [1.54, 1.807) is 29.4 Å². The van der Waals surface area contributed by atoms with Gasteiger partial charge in [0.15, 0.2) is 0 Å². The molecule has 2 aromatic heterocycles. The Hall–Kier alpha value is -2.83. The Morgan fingerprint density at radius 2 is 2.17 bits per heavy atom. The average Bonchev–Trinajstić information content (AvgIpc) is 3.05. The molecule has 1 unspecified atom stereocenters. The number of piperidine rings is 1. The summed E-state index contributed by atoms with van der Waals surface area (Å²) in [6, 6.07) is 8.02. The third-order valence-electron chi connectivity index (χ3n) is 4.31. The fourth-order valence-corrected chi connectivity index (χ4v) is 3.19. The van der Waals surface area contributed by atoms with E-state index in [1.165, 1.54) is 16.6 Å². The second kappa shape index (κ2) is 5.99. The Morgan fingerprint density at radius 3 is 3.00 bits per heavy atom. The first-order chi connectivity index (χ1) is 11.7. The first-order valence-electron chi connectivity index (χ1n) is 7.96. The van der Waals surface area contributed by atoms with E-state index in [-0.39, 0.29) is 23.6 Å². The summed E-state index contributed by atoms with van der Waals surface area (Å²) < 4.78 is 15.1. The van der Waals surface area contributed by atoms with Gasteiger partial charge in [-0.2, -0.15) is 4.98 Å². The largest absolute Gasteiger partial charge is 0.329 e. The van der Waals surface area contributed by atoms with Crippen LogP contribution in [0.15, 0.2) is 42.7 Å². The number of benzene rings is 1. The van der Waals surface area contributed by atoms with Crippen LogP contribution in [0.2, 0.25) is 0 Å². The molecule has 1 aliphatic rings. The van der Waals surface area contributed by atoms with Crippen LogP contribution in [-0.4, -0.2) is 36.9 Å². The Kier molecular flexibility index (Phi) is 3.68. The maximum absolute atomic E-state index is 13.6. The van der Waals surface area contributed by atoms with E-state index in [2.05, 4.69) is 15.1 Å². The molecule has 0 saturated carbocycles.